The molecule has 0 aromatic rings. The van der Waals surface area contributed by atoms with E-state index in [-0.39, 0.29) is 113 Å². The van der Waals surface area contributed by atoms with Gasteiger partial charge in [0.2, 0.25) is 0 Å². The van der Waals surface area contributed by atoms with Crippen LogP contribution in [0.2, 0.25) is 0 Å². The summed E-state index contributed by atoms with van der Waals surface area (Å²) < 4.78 is 34.1. The SMILES string of the molecule is O.O=[Si]([O-])[O-].O=[Si]([O-])[O-].O=[Si]([O-])[O-].O=[Si]([O-])[O-].[Al+3].[Ca+2].[Mg+2].[Na+]. The topological polar surface area (TPSA) is 284 Å². The van der Waals surface area contributed by atoms with E-state index in [1.165, 1.54) is 0 Å². The van der Waals surface area contributed by atoms with E-state index >= 15 is 0 Å². The van der Waals surface area contributed by atoms with Crippen LogP contribution in [0.5, 0.6) is 0 Å². The fourth-order valence-electron chi connectivity index (χ4n) is 0. The third kappa shape index (κ3) is 2230. The Balaban J connectivity index is -0.0000000121. The Morgan fingerprint density at radius 1 is 0.524 bits per heavy atom. The van der Waals surface area contributed by atoms with E-state index in [1.807, 2.05) is 0 Å². The molecule has 0 radical (unpaired) electrons. The zero-order chi connectivity index (χ0) is 14.3. The molecule has 0 atom stereocenters. The van der Waals surface area contributed by atoms with E-state index in [4.69, 9.17) is 56.2 Å². The van der Waals surface area contributed by atoms with Crippen molar-refractivity contribution >= 4 is 115 Å². The third-order valence-electron chi connectivity index (χ3n) is 0. The second-order valence-electron chi connectivity index (χ2n) is 1.00. The van der Waals surface area contributed by atoms with E-state index in [0.29, 0.717) is 0 Å². The van der Waals surface area contributed by atoms with Crippen molar-refractivity contribution in [1.29, 1.82) is 0 Å². The second kappa shape index (κ2) is 49.5. The van der Waals surface area contributed by atoms with Gasteiger partial charge in [0, 0.05) is 36.7 Å². The Morgan fingerprint density at radius 3 is 0.524 bits per heavy atom. The van der Waals surface area contributed by atoms with Crippen molar-refractivity contribution in [2.45, 2.75) is 0 Å². The molecule has 0 aliphatic carbocycles. The van der Waals surface area contributed by atoms with E-state index in [9.17, 15) is 0 Å². The largest absolute Gasteiger partial charge is 3.00 e. The maximum absolute atomic E-state index is 8.52. The standard InChI is InChI=1S/Al.Ca.Mg.Na.4O3Si.H2O/c;;;;4*1-4(2)3;/h;;;;;;;;1H2/q+3;2*+2;+1;4*-2;. The van der Waals surface area contributed by atoms with Crippen molar-refractivity contribution in [3.05, 3.63) is 0 Å². The third-order valence-corrected chi connectivity index (χ3v) is 0. The zero-order valence-electron chi connectivity index (χ0n) is 10.4. The van der Waals surface area contributed by atoms with E-state index in [2.05, 4.69) is 0 Å². The number of rotatable bonds is 0. The van der Waals surface area contributed by atoms with Gasteiger partial charge in [-0.3, -0.25) is 0 Å². The van der Waals surface area contributed by atoms with Crippen LogP contribution >= 0.6 is 0 Å². The molecule has 21 heavy (non-hydrogen) atoms. The first-order valence-electron chi connectivity index (χ1n) is 2.45. The summed E-state index contributed by atoms with van der Waals surface area (Å²) in [6.45, 7) is 0. The monoisotopic (exact) mass is 436 g/mol. The molecule has 0 aromatic heterocycles. The van der Waals surface area contributed by atoms with Crippen molar-refractivity contribution in [2.24, 2.45) is 0 Å². The molecule has 0 aliphatic rings. The summed E-state index contributed by atoms with van der Waals surface area (Å²) in [5, 5.41) is 0. The summed E-state index contributed by atoms with van der Waals surface area (Å²) in [6.07, 6.45) is 0. The molecule has 0 aliphatic heterocycles. The van der Waals surface area contributed by atoms with Crippen molar-refractivity contribution in [1.82, 2.24) is 0 Å². The smallest absolute Gasteiger partial charge is 0.672 e. The van der Waals surface area contributed by atoms with Gasteiger partial charge in [0.05, 0.1) is 0 Å². The van der Waals surface area contributed by atoms with Gasteiger partial charge < -0.3 is 61.7 Å². The van der Waals surface area contributed by atoms with E-state index < -0.39 is 36.7 Å². The maximum Gasteiger partial charge on any atom is 3.00 e. The number of hydrogen-bond acceptors (Lipinski definition) is 12. The molecular weight excluding hydrogens is 435 g/mol. The predicted octanol–water partition coefficient (Wildman–Crippen LogP) is -16.5. The van der Waals surface area contributed by atoms with Gasteiger partial charge in [0.15, 0.2) is 0 Å². The summed E-state index contributed by atoms with van der Waals surface area (Å²) in [4.78, 5) is 68.1. The van der Waals surface area contributed by atoms with Gasteiger partial charge in [-0.05, 0) is 0 Å². The van der Waals surface area contributed by atoms with Crippen molar-refractivity contribution in [2.75, 3.05) is 0 Å². The molecule has 0 amide bonds. The average molecular weight is 437 g/mol. The van der Waals surface area contributed by atoms with E-state index in [1.54, 1.807) is 0 Å². The van der Waals surface area contributed by atoms with E-state index in [0.717, 1.165) is 0 Å². The minimum absolute atomic E-state index is 0. The van der Waals surface area contributed by atoms with Crippen LogP contribution in [0.3, 0.4) is 0 Å². The summed E-state index contributed by atoms with van der Waals surface area (Å²) in [7, 11) is -14.5. The molecule has 0 fully saturated rings. The Bertz CT molecular complexity index is 176. The molecular formula is H2AlCaMgNaO13Si4. The van der Waals surface area contributed by atoms with Crippen molar-refractivity contribution in [3.63, 3.8) is 0 Å². The second-order valence-corrected chi connectivity index (χ2v) is 3.00. The van der Waals surface area contributed by atoms with Crippen molar-refractivity contribution in [3.8, 4) is 0 Å². The molecule has 104 valence electrons. The molecule has 13 nitrogen and oxygen atoms in total. The maximum atomic E-state index is 8.52. The molecule has 0 rings (SSSR count). The minimum atomic E-state index is -3.63. The van der Waals surface area contributed by atoms with Gasteiger partial charge in [-0.2, -0.15) is 0 Å². The fraction of sp³-hybridized carbons (Fsp3) is 0. The van der Waals surface area contributed by atoms with Crippen LogP contribution in [0.15, 0.2) is 0 Å². The summed E-state index contributed by atoms with van der Waals surface area (Å²) in [5.74, 6) is 0. The van der Waals surface area contributed by atoms with Crippen LogP contribution in [0.4, 0.5) is 0 Å². The fourth-order valence-corrected chi connectivity index (χ4v) is 0. The molecule has 21 heteroatoms. The minimum Gasteiger partial charge on any atom is -0.672 e. The van der Waals surface area contributed by atoms with Gasteiger partial charge >= 0.3 is 108 Å². The molecule has 0 saturated carbocycles. The van der Waals surface area contributed by atoms with Crippen molar-refractivity contribution < 1.29 is 91.2 Å². The first-order valence-corrected chi connectivity index (χ1v) is 7.35. The molecule has 0 saturated heterocycles. The molecule has 0 heterocycles. The summed E-state index contributed by atoms with van der Waals surface area (Å²) in [5.41, 5.74) is 0. The van der Waals surface area contributed by atoms with Gasteiger partial charge in [0.25, 0.3) is 0 Å². The zero-order valence-corrected chi connectivity index (χ0v) is 21.2. The first-order chi connectivity index (χ1) is 6.93. The first kappa shape index (κ1) is 56.8. The summed E-state index contributed by atoms with van der Waals surface area (Å²) in [6, 6.07) is 0. The molecule has 0 unspecified atom stereocenters. The predicted molar refractivity (Wildman–Crippen MR) is 46.6 cm³/mol. The van der Waals surface area contributed by atoms with Gasteiger partial charge in [-0.15, -0.1) is 0 Å². The molecule has 2 N–H and O–H groups in total. The Hall–Kier alpha value is 1.99. The van der Waals surface area contributed by atoms with Crippen LogP contribution in [0.25, 0.3) is 0 Å². The molecule has 0 aromatic carbocycles. The van der Waals surface area contributed by atoms with Gasteiger partial charge in [0.1, 0.15) is 0 Å². The van der Waals surface area contributed by atoms with Crippen LogP contribution in [-0.2, 0) is 17.8 Å². The van der Waals surface area contributed by atoms with Crippen LogP contribution in [0, 0.1) is 0 Å². The Kier molecular flexibility index (Phi) is 134. The van der Waals surface area contributed by atoms with Gasteiger partial charge in [-0.1, -0.05) is 0 Å². The van der Waals surface area contributed by atoms with Crippen LogP contribution < -0.4 is 67.9 Å². The summed E-state index contributed by atoms with van der Waals surface area (Å²) >= 11 is 0. The van der Waals surface area contributed by atoms with Gasteiger partial charge in [-0.25, -0.2) is 0 Å². The Morgan fingerprint density at radius 2 is 0.524 bits per heavy atom. The number of hydrogen-bond donors (Lipinski definition) is 0. The quantitative estimate of drug-likeness (QED) is 0.319. The van der Waals surface area contributed by atoms with Crippen LogP contribution in [0.1, 0.15) is 0 Å². The Labute approximate surface area is 203 Å². The normalized spacial score (nSPS) is 4.57. The molecule has 0 spiro atoms. The van der Waals surface area contributed by atoms with Crippen LogP contribution in [-0.4, -0.2) is 120 Å². The average Bonchev–Trinajstić information content (AvgIpc) is 1.76. The molecule has 0 bridgehead atoms.